The molecule has 1 aliphatic heterocycles. The highest BCUT2D eigenvalue weighted by Gasteiger charge is 2.29. The molecule has 7 nitrogen and oxygen atoms in total. The number of fused-ring (bicyclic) bond motifs is 1. The Morgan fingerprint density at radius 3 is 2.44 bits per heavy atom. The molecule has 1 saturated heterocycles. The lowest BCUT2D eigenvalue weighted by Crippen LogP contribution is -2.52. The molecular formula is C28H30N2O5S. The van der Waals surface area contributed by atoms with E-state index in [0.29, 0.717) is 30.0 Å². The van der Waals surface area contributed by atoms with Gasteiger partial charge in [-0.05, 0) is 49.4 Å². The lowest BCUT2D eigenvalue weighted by molar-refractivity contribution is -0.0502. The van der Waals surface area contributed by atoms with E-state index in [-0.39, 0.29) is 9.99 Å². The van der Waals surface area contributed by atoms with Crippen molar-refractivity contribution in [2.75, 3.05) is 39.8 Å². The van der Waals surface area contributed by atoms with Crippen molar-refractivity contribution >= 4 is 20.8 Å². The molecule has 2 heterocycles. The average molecular weight is 507 g/mol. The Morgan fingerprint density at radius 2 is 1.69 bits per heavy atom. The number of aliphatic hydroxyl groups excluding tert-OH is 1. The summed E-state index contributed by atoms with van der Waals surface area (Å²) in [5, 5.41) is 10.9. The summed E-state index contributed by atoms with van der Waals surface area (Å²) in [6.07, 6.45) is 0.313. The van der Waals surface area contributed by atoms with E-state index in [9.17, 15) is 13.5 Å². The topological polar surface area (TPSA) is 83.2 Å². The number of likely N-dealkylation sites (N-methyl/N-ethyl adjacent to an activating group) is 1. The predicted octanol–water partition coefficient (Wildman–Crippen LogP) is 4.27. The summed E-state index contributed by atoms with van der Waals surface area (Å²) in [6, 6.07) is 23.2. The number of piperazine rings is 1. The van der Waals surface area contributed by atoms with Gasteiger partial charge in [0.05, 0.1) is 11.5 Å². The molecule has 5 rings (SSSR count). The first-order valence-electron chi connectivity index (χ1n) is 12.1. The minimum Gasteiger partial charge on any atom is -0.494 e. The van der Waals surface area contributed by atoms with Gasteiger partial charge in [0, 0.05) is 37.1 Å². The highest BCUT2D eigenvalue weighted by molar-refractivity contribution is 7.91. The van der Waals surface area contributed by atoms with Gasteiger partial charge in [0.15, 0.2) is 0 Å². The normalized spacial score (nSPS) is 17.4. The standard InChI is InChI=1S/C28H30N2O5S/c1-29-17-18-30(26(31)20-29)16-7-19-34-22-12-14-23(15-13-22)36(32,33)28-27(21-8-3-2-4-9-21)24-10-5-6-11-25(24)35-28/h2-6,8-15,26,31H,7,16-20H2,1H3. The van der Waals surface area contributed by atoms with Crippen LogP contribution in [0.2, 0.25) is 0 Å². The van der Waals surface area contributed by atoms with Gasteiger partial charge in [-0.15, -0.1) is 0 Å². The number of sulfone groups is 1. The fourth-order valence-electron chi connectivity index (χ4n) is 4.56. The number of rotatable bonds is 8. The molecule has 1 aliphatic rings. The smallest absolute Gasteiger partial charge is 0.240 e. The number of ether oxygens (including phenoxy) is 1. The number of hydrogen-bond acceptors (Lipinski definition) is 7. The Kier molecular flexibility index (Phi) is 7.11. The molecule has 1 fully saturated rings. The van der Waals surface area contributed by atoms with Gasteiger partial charge in [-0.1, -0.05) is 48.5 Å². The first kappa shape index (κ1) is 24.5. The summed E-state index contributed by atoms with van der Waals surface area (Å²) in [5.74, 6) is 0.598. The van der Waals surface area contributed by atoms with Gasteiger partial charge in [-0.3, -0.25) is 4.90 Å². The molecule has 1 N–H and O–H groups in total. The van der Waals surface area contributed by atoms with E-state index in [0.717, 1.165) is 37.0 Å². The minimum absolute atomic E-state index is 0.0608. The minimum atomic E-state index is -3.91. The maximum Gasteiger partial charge on any atom is 0.240 e. The van der Waals surface area contributed by atoms with Crippen molar-refractivity contribution in [1.82, 2.24) is 9.80 Å². The number of para-hydroxylation sites is 1. The molecule has 188 valence electrons. The van der Waals surface area contributed by atoms with Crippen molar-refractivity contribution in [3.63, 3.8) is 0 Å². The molecule has 1 atom stereocenters. The third-order valence-electron chi connectivity index (χ3n) is 6.53. The fourth-order valence-corrected chi connectivity index (χ4v) is 5.97. The van der Waals surface area contributed by atoms with Crippen molar-refractivity contribution in [3.8, 4) is 16.9 Å². The molecule has 0 bridgehead atoms. The maximum atomic E-state index is 13.6. The second kappa shape index (κ2) is 10.4. The van der Waals surface area contributed by atoms with E-state index >= 15 is 0 Å². The Balaban J connectivity index is 1.31. The second-order valence-electron chi connectivity index (χ2n) is 9.08. The second-order valence-corrected chi connectivity index (χ2v) is 10.9. The van der Waals surface area contributed by atoms with Crippen LogP contribution in [0.3, 0.4) is 0 Å². The summed E-state index contributed by atoms with van der Waals surface area (Å²) in [5.41, 5.74) is 1.88. The summed E-state index contributed by atoms with van der Waals surface area (Å²) in [6.45, 7) is 3.64. The number of nitrogens with zero attached hydrogens (tertiary/aromatic N) is 2. The fraction of sp³-hybridized carbons (Fsp3) is 0.286. The number of hydrogen-bond donors (Lipinski definition) is 1. The lowest BCUT2D eigenvalue weighted by Gasteiger charge is -2.36. The molecule has 3 aromatic carbocycles. The van der Waals surface area contributed by atoms with Crippen molar-refractivity contribution < 1.29 is 22.7 Å². The Morgan fingerprint density at radius 1 is 0.972 bits per heavy atom. The van der Waals surface area contributed by atoms with Gasteiger partial charge >= 0.3 is 0 Å². The molecule has 4 aromatic rings. The zero-order valence-electron chi connectivity index (χ0n) is 20.2. The van der Waals surface area contributed by atoms with Crippen LogP contribution >= 0.6 is 0 Å². The van der Waals surface area contributed by atoms with Crippen LogP contribution in [0.4, 0.5) is 0 Å². The SMILES string of the molecule is CN1CCN(CCCOc2ccc(S(=O)(=O)c3oc4ccccc4c3-c3ccccc3)cc2)C(O)C1. The van der Waals surface area contributed by atoms with Gasteiger partial charge in [0.2, 0.25) is 14.9 Å². The summed E-state index contributed by atoms with van der Waals surface area (Å²) in [4.78, 5) is 4.31. The van der Waals surface area contributed by atoms with E-state index in [1.165, 1.54) is 0 Å². The highest BCUT2D eigenvalue weighted by atomic mass is 32.2. The van der Waals surface area contributed by atoms with Crippen molar-refractivity contribution in [3.05, 3.63) is 78.9 Å². The number of benzene rings is 3. The summed E-state index contributed by atoms with van der Waals surface area (Å²) < 4.78 is 39.0. The summed E-state index contributed by atoms with van der Waals surface area (Å²) >= 11 is 0. The largest absolute Gasteiger partial charge is 0.494 e. The first-order chi connectivity index (χ1) is 17.4. The van der Waals surface area contributed by atoms with Crippen LogP contribution in [0.1, 0.15) is 6.42 Å². The molecule has 1 aromatic heterocycles. The van der Waals surface area contributed by atoms with Crippen molar-refractivity contribution in [2.24, 2.45) is 0 Å². The number of furan rings is 1. The maximum absolute atomic E-state index is 13.6. The summed E-state index contributed by atoms with van der Waals surface area (Å²) in [7, 11) is -1.90. The van der Waals surface area contributed by atoms with E-state index in [1.54, 1.807) is 30.3 Å². The first-order valence-corrected chi connectivity index (χ1v) is 13.6. The lowest BCUT2D eigenvalue weighted by atomic mass is 10.1. The van der Waals surface area contributed by atoms with Crippen LogP contribution in [-0.2, 0) is 9.84 Å². The van der Waals surface area contributed by atoms with E-state index in [1.807, 2.05) is 55.6 Å². The third kappa shape index (κ3) is 5.03. The van der Waals surface area contributed by atoms with Crippen LogP contribution in [-0.4, -0.2) is 69.4 Å². The Hall–Kier alpha value is -3.17. The number of β-amino-alcohol motifs (C(OH)–C–C–N with tert-alkyl or cyclic N) is 1. The zero-order chi connectivity index (χ0) is 25.1. The molecule has 0 aliphatic carbocycles. The number of aliphatic hydroxyl groups is 1. The zero-order valence-corrected chi connectivity index (χ0v) is 21.0. The van der Waals surface area contributed by atoms with Crippen LogP contribution < -0.4 is 4.74 Å². The molecule has 0 saturated carbocycles. The van der Waals surface area contributed by atoms with Crippen LogP contribution in [0, 0.1) is 0 Å². The van der Waals surface area contributed by atoms with E-state index in [2.05, 4.69) is 9.80 Å². The molecule has 0 radical (unpaired) electrons. The van der Waals surface area contributed by atoms with Gasteiger partial charge in [0.25, 0.3) is 0 Å². The Bertz CT molecular complexity index is 1420. The molecule has 8 heteroatoms. The third-order valence-corrected chi connectivity index (χ3v) is 8.20. The Labute approximate surface area is 211 Å². The molecule has 0 amide bonds. The monoisotopic (exact) mass is 506 g/mol. The van der Waals surface area contributed by atoms with E-state index in [4.69, 9.17) is 9.15 Å². The molecule has 0 spiro atoms. The molecule has 1 unspecified atom stereocenters. The quantitative estimate of drug-likeness (QED) is 0.358. The average Bonchev–Trinajstić information content (AvgIpc) is 3.29. The van der Waals surface area contributed by atoms with Gasteiger partial charge in [-0.25, -0.2) is 8.42 Å². The van der Waals surface area contributed by atoms with Crippen LogP contribution in [0.5, 0.6) is 5.75 Å². The van der Waals surface area contributed by atoms with Crippen LogP contribution in [0.25, 0.3) is 22.1 Å². The highest BCUT2D eigenvalue weighted by Crippen LogP contribution is 2.39. The van der Waals surface area contributed by atoms with E-state index < -0.39 is 16.1 Å². The molecule has 36 heavy (non-hydrogen) atoms. The van der Waals surface area contributed by atoms with Crippen LogP contribution in [0.15, 0.2) is 93.3 Å². The molecular weight excluding hydrogens is 476 g/mol. The predicted molar refractivity (Wildman–Crippen MR) is 139 cm³/mol. The van der Waals surface area contributed by atoms with Gasteiger partial charge in [0.1, 0.15) is 17.6 Å². The van der Waals surface area contributed by atoms with Crippen molar-refractivity contribution in [2.45, 2.75) is 22.6 Å². The van der Waals surface area contributed by atoms with Gasteiger partial charge < -0.3 is 19.2 Å². The van der Waals surface area contributed by atoms with Gasteiger partial charge in [-0.2, -0.15) is 0 Å². The van der Waals surface area contributed by atoms with Crippen molar-refractivity contribution in [1.29, 1.82) is 0 Å².